The highest BCUT2D eigenvalue weighted by atomic mass is 16.5. The van der Waals surface area contributed by atoms with Gasteiger partial charge in [0.2, 0.25) is 5.91 Å². The lowest BCUT2D eigenvalue weighted by Crippen LogP contribution is -2.56. The van der Waals surface area contributed by atoms with Crippen LogP contribution in [-0.2, 0) is 9.53 Å². The third-order valence-corrected chi connectivity index (χ3v) is 4.68. The van der Waals surface area contributed by atoms with Crippen LogP contribution in [0.1, 0.15) is 33.6 Å². The molecule has 0 aromatic carbocycles. The fourth-order valence-corrected chi connectivity index (χ4v) is 3.38. The van der Waals surface area contributed by atoms with Crippen molar-refractivity contribution in [3.8, 4) is 0 Å². The van der Waals surface area contributed by atoms with Crippen molar-refractivity contribution in [3.63, 3.8) is 0 Å². The van der Waals surface area contributed by atoms with E-state index in [1.165, 1.54) is 6.54 Å². The quantitative estimate of drug-likeness (QED) is 0.820. The zero-order valence-electron chi connectivity index (χ0n) is 13.9. The van der Waals surface area contributed by atoms with Gasteiger partial charge in [0.15, 0.2) is 0 Å². The number of piperidine rings is 1. The first-order valence-electron chi connectivity index (χ1n) is 8.37. The van der Waals surface area contributed by atoms with Crippen molar-refractivity contribution in [2.45, 2.75) is 39.2 Å². The first kappa shape index (κ1) is 16.7. The second-order valence-corrected chi connectivity index (χ2v) is 6.80. The Balaban J connectivity index is 1.76. The molecule has 0 radical (unpaired) electrons. The van der Waals surface area contributed by atoms with Crippen LogP contribution in [0.15, 0.2) is 0 Å². The molecule has 122 valence electrons. The van der Waals surface area contributed by atoms with Crippen LogP contribution in [0.2, 0.25) is 0 Å². The minimum Gasteiger partial charge on any atom is -0.379 e. The van der Waals surface area contributed by atoms with Crippen LogP contribution in [0, 0.1) is 5.92 Å². The van der Waals surface area contributed by atoms with E-state index in [4.69, 9.17) is 4.74 Å². The number of nitrogens with zero attached hydrogens (tertiary/aromatic N) is 2. The van der Waals surface area contributed by atoms with Gasteiger partial charge in [-0.15, -0.1) is 0 Å². The van der Waals surface area contributed by atoms with E-state index in [2.05, 4.69) is 10.2 Å². The molecule has 0 atom stereocenters. The molecule has 21 heavy (non-hydrogen) atoms. The Labute approximate surface area is 129 Å². The van der Waals surface area contributed by atoms with E-state index in [-0.39, 0.29) is 5.91 Å². The summed E-state index contributed by atoms with van der Waals surface area (Å²) in [7, 11) is 0. The average Bonchev–Trinajstić information content (AvgIpc) is 2.48. The SMILES string of the molecule is CCNC(C)(C)C(=O)N1CCC(CN2CCOCC2)CC1. The van der Waals surface area contributed by atoms with Crippen molar-refractivity contribution in [3.05, 3.63) is 0 Å². The number of morpholine rings is 1. The third-order valence-electron chi connectivity index (χ3n) is 4.68. The number of amides is 1. The predicted octanol–water partition coefficient (Wildman–Crippen LogP) is 0.945. The summed E-state index contributed by atoms with van der Waals surface area (Å²) in [6.07, 6.45) is 2.26. The van der Waals surface area contributed by atoms with Crippen LogP contribution in [0.25, 0.3) is 0 Å². The third kappa shape index (κ3) is 4.66. The Hall–Kier alpha value is -0.650. The summed E-state index contributed by atoms with van der Waals surface area (Å²) in [6, 6.07) is 0. The molecule has 2 fully saturated rings. The lowest BCUT2D eigenvalue weighted by atomic mass is 9.94. The van der Waals surface area contributed by atoms with Gasteiger partial charge >= 0.3 is 0 Å². The van der Waals surface area contributed by atoms with Crippen molar-refractivity contribution in [2.75, 3.05) is 52.5 Å². The van der Waals surface area contributed by atoms with Crippen LogP contribution in [0.3, 0.4) is 0 Å². The standard InChI is InChI=1S/C16H31N3O2/c1-4-17-16(2,3)15(20)19-7-5-14(6-8-19)13-18-9-11-21-12-10-18/h14,17H,4-13H2,1-3H3. The van der Waals surface area contributed by atoms with Gasteiger partial charge in [0.05, 0.1) is 18.8 Å². The summed E-state index contributed by atoms with van der Waals surface area (Å²) in [5.41, 5.74) is -0.439. The largest absolute Gasteiger partial charge is 0.379 e. The van der Waals surface area contributed by atoms with E-state index in [0.717, 1.165) is 64.7 Å². The van der Waals surface area contributed by atoms with Gasteiger partial charge in [-0.25, -0.2) is 0 Å². The fourth-order valence-electron chi connectivity index (χ4n) is 3.38. The van der Waals surface area contributed by atoms with Crippen molar-refractivity contribution in [1.82, 2.24) is 15.1 Å². The summed E-state index contributed by atoms with van der Waals surface area (Å²) in [4.78, 5) is 17.1. The van der Waals surface area contributed by atoms with Crippen LogP contribution < -0.4 is 5.32 Å². The van der Waals surface area contributed by atoms with E-state index in [9.17, 15) is 4.79 Å². The lowest BCUT2D eigenvalue weighted by molar-refractivity contribution is -0.138. The Morgan fingerprint density at radius 1 is 1.19 bits per heavy atom. The van der Waals surface area contributed by atoms with E-state index in [0.29, 0.717) is 0 Å². The predicted molar refractivity (Wildman–Crippen MR) is 84.3 cm³/mol. The number of carbonyl (C=O) groups is 1. The zero-order chi connectivity index (χ0) is 15.3. The lowest BCUT2D eigenvalue weighted by Gasteiger charge is -2.39. The molecule has 2 saturated heterocycles. The van der Waals surface area contributed by atoms with Gasteiger partial charge in [-0.3, -0.25) is 9.69 Å². The van der Waals surface area contributed by atoms with E-state index in [1.807, 2.05) is 25.7 Å². The van der Waals surface area contributed by atoms with Gasteiger partial charge < -0.3 is 15.0 Å². The molecule has 2 aliphatic rings. The highest BCUT2D eigenvalue weighted by Gasteiger charge is 2.33. The number of ether oxygens (including phenoxy) is 1. The Morgan fingerprint density at radius 2 is 1.81 bits per heavy atom. The van der Waals surface area contributed by atoms with Gasteiger partial charge in [-0.2, -0.15) is 0 Å². The summed E-state index contributed by atoms with van der Waals surface area (Å²) >= 11 is 0. The molecular weight excluding hydrogens is 266 g/mol. The van der Waals surface area contributed by atoms with Crippen LogP contribution >= 0.6 is 0 Å². The molecule has 0 unspecified atom stereocenters. The van der Waals surface area contributed by atoms with E-state index < -0.39 is 5.54 Å². The molecule has 2 rings (SSSR count). The van der Waals surface area contributed by atoms with E-state index >= 15 is 0 Å². The van der Waals surface area contributed by atoms with Gasteiger partial charge in [0.1, 0.15) is 0 Å². The summed E-state index contributed by atoms with van der Waals surface area (Å²) in [5.74, 6) is 0.976. The monoisotopic (exact) mass is 297 g/mol. The molecule has 0 aliphatic carbocycles. The molecule has 1 N–H and O–H groups in total. The molecule has 5 nitrogen and oxygen atoms in total. The topological polar surface area (TPSA) is 44.8 Å². The molecule has 2 aliphatic heterocycles. The average molecular weight is 297 g/mol. The van der Waals surface area contributed by atoms with Gasteiger partial charge in [0, 0.05) is 32.7 Å². The maximum Gasteiger partial charge on any atom is 0.242 e. The summed E-state index contributed by atoms with van der Waals surface area (Å²) in [5, 5.41) is 3.28. The first-order chi connectivity index (χ1) is 10.0. The van der Waals surface area contributed by atoms with Crippen molar-refractivity contribution >= 4 is 5.91 Å². The van der Waals surface area contributed by atoms with Gasteiger partial charge in [0.25, 0.3) is 0 Å². The number of hydrogen-bond donors (Lipinski definition) is 1. The Kier molecular flexibility index (Phi) is 6.02. The smallest absolute Gasteiger partial charge is 0.242 e. The number of nitrogens with one attached hydrogen (secondary N) is 1. The maximum absolute atomic E-state index is 12.5. The maximum atomic E-state index is 12.5. The van der Waals surface area contributed by atoms with E-state index in [1.54, 1.807) is 0 Å². The first-order valence-corrected chi connectivity index (χ1v) is 8.37. The number of carbonyl (C=O) groups excluding carboxylic acids is 1. The summed E-state index contributed by atoms with van der Waals surface area (Å²) < 4.78 is 5.40. The number of hydrogen-bond acceptors (Lipinski definition) is 4. The van der Waals surface area contributed by atoms with Gasteiger partial charge in [-0.05, 0) is 39.2 Å². The normalized spacial score (nSPS) is 22.5. The van der Waals surface area contributed by atoms with Crippen LogP contribution in [0.5, 0.6) is 0 Å². The molecule has 0 aromatic rings. The number of likely N-dealkylation sites (N-methyl/N-ethyl adjacent to an activating group) is 1. The van der Waals surface area contributed by atoms with Crippen LogP contribution in [-0.4, -0.2) is 73.7 Å². The number of likely N-dealkylation sites (tertiary alicyclic amines) is 1. The minimum atomic E-state index is -0.439. The molecule has 5 heteroatoms. The minimum absolute atomic E-state index is 0.245. The molecule has 1 amide bonds. The number of rotatable bonds is 5. The van der Waals surface area contributed by atoms with Crippen molar-refractivity contribution < 1.29 is 9.53 Å². The molecule has 0 aromatic heterocycles. The molecule has 0 spiro atoms. The van der Waals surface area contributed by atoms with Crippen molar-refractivity contribution in [1.29, 1.82) is 0 Å². The van der Waals surface area contributed by atoms with Gasteiger partial charge in [-0.1, -0.05) is 6.92 Å². The second-order valence-electron chi connectivity index (χ2n) is 6.80. The molecule has 0 bridgehead atoms. The second kappa shape index (κ2) is 7.56. The van der Waals surface area contributed by atoms with Crippen molar-refractivity contribution in [2.24, 2.45) is 5.92 Å². The van der Waals surface area contributed by atoms with Crippen LogP contribution in [0.4, 0.5) is 0 Å². The highest BCUT2D eigenvalue weighted by Crippen LogP contribution is 2.21. The molecular formula is C16H31N3O2. The fraction of sp³-hybridized carbons (Fsp3) is 0.938. The Morgan fingerprint density at radius 3 is 2.38 bits per heavy atom. The summed E-state index contributed by atoms with van der Waals surface area (Å²) in [6.45, 7) is 13.7. The Bertz CT molecular complexity index is 332. The molecule has 2 heterocycles. The molecule has 0 saturated carbocycles. The zero-order valence-corrected chi connectivity index (χ0v) is 13.9. The highest BCUT2D eigenvalue weighted by molar-refractivity contribution is 5.85.